The van der Waals surface area contributed by atoms with Gasteiger partial charge in [-0.2, -0.15) is 0 Å². The summed E-state index contributed by atoms with van der Waals surface area (Å²) in [5.74, 6) is 0.982. The molecule has 1 heterocycles. The van der Waals surface area contributed by atoms with E-state index in [1.807, 2.05) is 30.3 Å². The predicted octanol–water partition coefficient (Wildman–Crippen LogP) is 5.68. The summed E-state index contributed by atoms with van der Waals surface area (Å²) >= 11 is 0. The second-order valence-electron chi connectivity index (χ2n) is 5.88. The fourth-order valence-electron chi connectivity index (χ4n) is 2.89. The van der Waals surface area contributed by atoms with Crippen molar-refractivity contribution < 1.29 is 9.52 Å². The van der Waals surface area contributed by atoms with E-state index < -0.39 is 0 Å². The van der Waals surface area contributed by atoms with Gasteiger partial charge in [0.05, 0.1) is 10.9 Å². The Kier molecular flexibility index (Phi) is 3.72. The Morgan fingerprint density at radius 1 is 0.708 bits per heavy atom. The van der Waals surface area contributed by atoms with Gasteiger partial charge in [-0.3, -0.25) is 0 Å². The van der Waals surface area contributed by atoms with Crippen LogP contribution in [0.5, 0.6) is 5.75 Å². The number of hydrogen-bond acceptors (Lipinski definition) is 1. The summed E-state index contributed by atoms with van der Waals surface area (Å²) in [4.78, 5) is 0. The normalized spacial score (nSPS) is 10.8. The molecule has 0 fully saturated rings. The molecule has 0 bridgehead atoms. The molecular formula is C22H17O2+. The van der Waals surface area contributed by atoms with Crippen molar-refractivity contribution >= 4 is 11.0 Å². The maximum Gasteiger partial charge on any atom is 0.360 e. The summed E-state index contributed by atoms with van der Waals surface area (Å²) in [6, 6.07) is 27.8. The molecule has 0 radical (unpaired) electrons. The van der Waals surface area contributed by atoms with Crippen LogP contribution in [0.3, 0.4) is 0 Å². The van der Waals surface area contributed by atoms with E-state index in [1.54, 1.807) is 12.1 Å². The van der Waals surface area contributed by atoms with E-state index in [0.717, 1.165) is 28.7 Å². The molecule has 0 saturated heterocycles. The molecule has 0 spiro atoms. The zero-order valence-corrected chi connectivity index (χ0v) is 13.1. The number of rotatable bonds is 3. The van der Waals surface area contributed by atoms with Crippen LogP contribution >= 0.6 is 0 Å². The minimum absolute atomic E-state index is 0.237. The lowest BCUT2D eigenvalue weighted by Crippen LogP contribution is -1.88. The van der Waals surface area contributed by atoms with Gasteiger partial charge in [-0.05, 0) is 53.9 Å². The number of fused-ring (bicyclic) bond motifs is 1. The summed E-state index contributed by atoms with van der Waals surface area (Å²) < 4.78 is 6.00. The minimum Gasteiger partial charge on any atom is -0.508 e. The first-order valence-corrected chi connectivity index (χ1v) is 7.97. The smallest absolute Gasteiger partial charge is 0.360 e. The van der Waals surface area contributed by atoms with Crippen LogP contribution in [0.4, 0.5) is 0 Å². The van der Waals surface area contributed by atoms with Gasteiger partial charge in [0.15, 0.2) is 0 Å². The zero-order valence-electron chi connectivity index (χ0n) is 13.1. The van der Waals surface area contributed by atoms with Crippen LogP contribution in [-0.4, -0.2) is 5.11 Å². The number of aromatic hydroxyl groups is 1. The van der Waals surface area contributed by atoms with Gasteiger partial charge >= 0.3 is 11.3 Å². The highest BCUT2D eigenvalue weighted by atomic mass is 16.3. The highest BCUT2D eigenvalue weighted by molar-refractivity contribution is 5.79. The van der Waals surface area contributed by atoms with Gasteiger partial charge in [-0.1, -0.05) is 36.4 Å². The van der Waals surface area contributed by atoms with Gasteiger partial charge in [0.2, 0.25) is 0 Å². The summed E-state index contributed by atoms with van der Waals surface area (Å²) in [5.41, 5.74) is 4.26. The average molecular weight is 313 g/mol. The summed E-state index contributed by atoms with van der Waals surface area (Å²) in [6.07, 6.45) is 0.908. The monoisotopic (exact) mass is 313 g/mol. The molecule has 4 rings (SSSR count). The van der Waals surface area contributed by atoms with E-state index in [-0.39, 0.29) is 5.75 Å². The van der Waals surface area contributed by atoms with Crippen molar-refractivity contribution in [1.82, 2.24) is 0 Å². The van der Waals surface area contributed by atoms with E-state index in [2.05, 4.69) is 42.5 Å². The first-order valence-electron chi connectivity index (χ1n) is 7.97. The maximum atomic E-state index is 9.62. The topological polar surface area (TPSA) is 31.5 Å². The molecular weight excluding hydrogens is 296 g/mol. The molecule has 1 N–H and O–H groups in total. The Morgan fingerprint density at radius 2 is 1.58 bits per heavy atom. The van der Waals surface area contributed by atoms with Crippen molar-refractivity contribution in [1.29, 1.82) is 0 Å². The Labute approximate surface area is 140 Å². The molecule has 4 aromatic rings. The lowest BCUT2D eigenvalue weighted by Gasteiger charge is -2.01. The predicted molar refractivity (Wildman–Crippen MR) is 97.0 cm³/mol. The lowest BCUT2D eigenvalue weighted by molar-refractivity contribution is 0.475. The molecule has 0 atom stereocenters. The van der Waals surface area contributed by atoms with Gasteiger partial charge in [0.1, 0.15) is 5.75 Å². The van der Waals surface area contributed by atoms with Gasteiger partial charge in [-0.15, -0.1) is 0 Å². The van der Waals surface area contributed by atoms with E-state index in [9.17, 15) is 5.11 Å². The molecule has 3 aromatic carbocycles. The molecule has 2 heteroatoms. The van der Waals surface area contributed by atoms with Crippen LogP contribution in [0.15, 0.2) is 89.3 Å². The van der Waals surface area contributed by atoms with Crippen LogP contribution in [-0.2, 0) is 6.42 Å². The number of phenols is 1. The van der Waals surface area contributed by atoms with Crippen LogP contribution < -0.4 is 0 Å². The Morgan fingerprint density at radius 3 is 2.42 bits per heavy atom. The first kappa shape index (κ1) is 14.5. The summed E-state index contributed by atoms with van der Waals surface area (Å²) in [6.45, 7) is 0. The molecule has 2 nitrogen and oxygen atoms in total. The van der Waals surface area contributed by atoms with Crippen molar-refractivity contribution in [2.45, 2.75) is 6.42 Å². The third-order valence-corrected chi connectivity index (χ3v) is 4.09. The molecule has 1 aromatic heterocycles. The van der Waals surface area contributed by atoms with Crippen molar-refractivity contribution in [3.05, 3.63) is 96.1 Å². The number of benzene rings is 3. The highest BCUT2D eigenvalue weighted by Gasteiger charge is 2.15. The zero-order chi connectivity index (χ0) is 16.4. The van der Waals surface area contributed by atoms with E-state index in [1.165, 1.54) is 11.1 Å². The molecule has 0 saturated carbocycles. The van der Waals surface area contributed by atoms with Gasteiger partial charge in [0, 0.05) is 12.1 Å². The maximum absolute atomic E-state index is 9.62. The molecule has 0 aliphatic carbocycles. The van der Waals surface area contributed by atoms with Crippen LogP contribution in [0.25, 0.3) is 22.3 Å². The van der Waals surface area contributed by atoms with E-state index in [0.29, 0.717) is 0 Å². The first-order chi connectivity index (χ1) is 11.8. The Balaban J connectivity index is 1.68. The van der Waals surface area contributed by atoms with Gasteiger partial charge in [-0.25, -0.2) is 4.42 Å². The molecule has 0 unspecified atom stereocenters. The second-order valence-corrected chi connectivity index (χ2v) is 5.88. The molecule has 0 amide bonds. The molecule has 0 aliphatic heterocycles. The van der Waals surface area contributed by atoms with E-state index >= 15 is 0 Å². The third kappa shape index (κ3) is 2.99. The number of phenolic OH excluding ortho intramolecular Hbond substituents is 1. The summed E-state index contributed by atoms with van der Waals surface area (Å²) in [5, 5.41) is 10.7. The number of hydrogen-bond donors (Lipinski definition) is 1. The molecule has 0 aliphatic rings. The van der Waals surface area contributed by atoms with Crippen LogP contribution in [0.2, 0.25) is 0 Å². The van der Waals surface area contributed by atoms with E-state index in [4.69, 9.17) is 4.42 Å². The third-order valence-electron chi connectivity index (χ3n) is 4.09. The minimum atomic E-state index is 0.237. The Hall–Kier alpha value is -3.13. The second kappa shape index (κ2) is 6.17. The van der Waals surface area contributed by atoms with Crippen molar-refractivity contribution in [3.63, 3.8) is 0 Å². The van der Waals surface area contributed by atoms with Gasteiger partial charge < -0.3 is 5.11 Å². The fraction of sp³-hybridized carbons (Fsp3) is 0.0455. The van der Waals surface area contributed by atoms with Gasteiger partial charge in [0.25, 0.3) is 0 Å². The average Bonchev–Trinajstić information content (AvgIpc) is 2.62. The molecule has 116 valence electrons. The lowest BCUT2D eigenvalue weighted by atomic mass is 10.0. The van der Waals surface area contributed by atoms with Crippen molar-refractivity contribution in [2.24, 2.45) is 0 Å². The van der Waals surface area contributed by atoms with Crippen molar-refractivity contribution in [2.75, 3.05) is 0 Å². The molecule has 24 heavy (non-hydrogen) atoms. The summed E-state index contributed by atoms with van der Waals surface area (Å²) in [7, 11) is 0. The largest absolute Gasteiger partial charge is 0.508 e. The fourth-order valence-corrected chi connectivity index (χ4v) is 2.89. The van der Waals surface area contributed by atoms with Crippen LogP contribution in [0, 0.1) is 0 Å². The quantitative estimate of drug-likeness (QED) is 0.494. The van der Waals surface area contributed by atoms with Crippen molar-refractivity contribution in [3.8, 4) is 17.1 Å². The SMILES string of the molecule is Oc1cccc(-c2ccc3cc(Cc4ccccc4)ccc3[o+]2)c1. The van der Waals surface area contributed by atoms with Crippen LogP contribution in [0.1, 0.15) is 11.1 Å². The highest BCUT2D eigenvalue weighted by Crippen LogP contribution is 2.27. The standard InChI is InChI=1S/C22H16O2/c23-20-8-4-7-18(15-20)22-12-10-19-14-17(9-11-21(19)24-22)13-16-5-2-1-3-6-16/h1-12,14-15H,13H2/p+1. The Bertz CT molecular complexity index is 991.